The van der Waals surface area contributed by atoms with Gasteiger partial charge >= 0.3 is 0 Å². The second-order valence-corrected chi connectivity index (χ2v) is 3.07. The Balaban J connectivity index is 2.76. The standard InChI is InChI=1S/C9H12N4O/c1-3-13-5-4-7-8(12-14)10-6(2)11-9(7)13/h4-5,14H,3H2,1-2H3,(H,10,11,12). The lowest BCUT2D eigenvalue weighted by Crippen LogP contribution is -2.00. The minimum absolute atomic E-state index is 0.458. The first-order valence-corrected chi connectivity index (χ1v) is 4.50. The Labute approximate surface area is 81.4 Å². The van der Waals surface area contributed by atoms with E-state index in [4.69, 9.17) is 5.21 Å². The van der Waals surface area contributed by atoms with Crippen molar-refractivity contribution in [3.05, 3.63) is 18.1 Å². The average Bonchev–Trinajstić information content (AvgIpc) is 2.59. The highest BCUT2D eigenvalue weighted by Crippen LogP contribution is 2.20. The zero-order valence-electron chi connectivity index (χ0n) is 8.15. The second kappa shape index (κ2) is 3.26. The van der Waals surface area contributed by atoms with Crippen LogP contribution >= 0.6 is 0 Å². The lowest BCUT2D eigenvalue weighted by atomic mass is 10.4. The van der Waals surface area contributed by atoms with Gasteiger partial charge in [-0.25, -0.2) is 9.97 Å². The van der Waals surface area contributed by atoms with Crippen LogP contribution in [0.2, 0.25) is 0 Å². The third-order valence-electron chi connectivity index (χ3n) is 2.18. The third-order valence-corrected chi connectivity index (χ3v) is 2.18. The van der Waals surface area contributed by atoms with Gasteiger partial charge < -0.3 is 4.57 Å². The SMILES string of the molecule is CCn1ccc2c(NO)nc(C)nc21. The molecule has 2 aromatic heterocycles. The fourth-order valence-corrected chi connectivity index (χ4v) is 1.51. The molecular formula is C9H12N4O. The van der Waals surface area contributed by atoms with E-state index in [1.807, 2.05) is 23.8 Å². The van der Waals surface area contributed by atoms with Crippen LogP contribution in [-0.4, -0.2) is 19.7 Å². The lowest BCUT2D eigenvalue weighted by Gasteiger charge is -2.03. The molecule has 74 valence electrons. The van der Waals surface area contributed by atoms with Gasteiger partial charge in [0, 0.05) is 12.7 Å². The lowest BCUT2D eigenvalue weighted by molar-refractivity contribution is 0.386. The van der Waals surface area contributed by atoms with Crippen molar-refractivity contribution >= 4 is 16.9 Å². The van der Waals surface area contributed by atoms with Gasteiger partial charge in [-0.1, -0.05) is 0 Å². The number of fused-ring (bicyclic) bond motifs is 1. The number of nitrogens with zero attached hydrogens (tertiary/aromatic N) is 3. The maximum atomic E-state index is 8.89. The molecule has 2 heterocycles. The summed E-state index contributed by atoms with van der Waals surface area (Å²) in [6.07, 6.45) is 1.93. The first-order chi connectivity index (χ1) is 6.76. The molecule has 0 saturated carbocycles. The zero-order chi connectivity index (χ0) is 10.1. The summed E-state index contributed by atoms with van der Waals surface area (Å²) in [5.74, 6) is 1.10. The highest BCUT2D eigenvalue weighted by atomic mass is 16.5. The van der Waals surface area contributed by atoms with Gasteiger partial charge in [-0.2, -0.15) is 0 Å². The Morgan fingerprint density at radius 2 is 2.29 bits per heavy atom. The van der Waals surface area contributed by atoms with Crippen LogP contribution in [0.3, 0.4) is 0 Å². The van der Waals surface area contributed by atoms with Gasteiger partial charge in [0.15, 0.2) is 5.82 Å². The van der Waals surface area contributed by atoms with Crippen LogP contribution in [0.4, 0.5) is 5.82 Å². The first-order valence-electron chi connectivity index (χ1n) is 4.50. The molecule has 0 aliphatic rings. The summed E-state index contributed by atoms with van der Waals surface area (Å²) in [7, 11) is 0. The van der Waals surface area contributed by atoms with Crippen LogP contribution in [0.1, 0.15) is 12.7 Å². The summed E-state index contributed by atoms with van der Waals surface area (Å²) < 4.78 is 2.00. The molecule has 0 radical (unpaired) electrons. The molecule has 0 unspecified atom stereocenters. The predicted octanol–water partition coefficient (Wildman–Crippen LogP) is 1.56. The largest absolute Gasteiger partial charge is 0.333 e. The topological polar surface area (TPSA) is 63.0 Å². The highest BCUT2D eigenvalue weighted by Gasteiger charge is 2.08. The number of aryl methyl sites for hydroxylation is 2. The molecule has 2 N–H and O–H groups in total. The molecule has 5 heteroatoms. The van der Waals surface area contributed by atoms with Crippen molar-refractivity contribution < 1.29 is 5.21 Å². The van der Waals surface area contributed by atoms with Crippen LogP contribution in [-0.2, 0) is 6.54 Å². The average molecular weight is 192 g/mol. The van der Waals surface area contributed by atoms with Gasteiger partial charge in [0.1, 0.15) is 11.5 Å². The summed E-state index contributed by atoms with van der Waals surface area (Å²) in [5.41, 5.74) is 2.93. The van der Waals surface area contributed by atoms with Gasteiger partial charge in [-0.05, 0) is 19.9 Å². The Kier molecular flexibility index (Phi) is 2.09. The normalized spacial score (nSPS) is 10.8. The number of anilines is 1. The van der Waals surface area contributed by atoms with E-state index in [1.165, 1.54) is 0 Å². The molecule has 2 aromatic rings. The van der Waals surface area contributed by atoms with Crippen LogP contribution in [0.15, 0.2) is 12.3 Å². The third kappa shape index (κ3) is 1.22. The van der Waals surface area contributed by atoms with E-state index in [9.17, 15) is 0 Å². The van der Waals surface area contributed by atoms with E-state index >= 15 is 0 Å². The van der Waals surface area contributed by atoms with Crippen molar-refractivity contribution in [1.82, 2.24) is 14.5 Å². The maximum absolute atomic E-state index is 8.89. The first kappa shape index (κ1) is 8.96. The molecule has 2 rings (SSSR count). The number of rotatable bonds is 2. The van der Waals surface area contributed by atoms with E-state index < -0.39 is 0 Å². The van der Waals surface area contributed by atoms with E-state index in [0.29, 0.717) is 11.6 Å². The fourth-order valence-electron chi connectivity index (χ4n) is 1.51. The Bertz CT molecular complexity index is 463. The van der Waals surface area contributed by atoms with E-state index in [0.717, 1.165) is 17.6 Å². The zero-order valence-corrected chi connectivity index (χ0v) is 8.15. The maximum Gasteiger partial charge on any atom is 0.162 e. The van der Waals surface area contributed by atoms with Crippen LogP contribution in [0, 0.1) is 6.92 Å². The smallest absolute Gasteiger partial charge is 0.162 e. The molecule has 0 saturated heterocycles. The van der Waals surface area contributed by atoms with Crippen molar-refractivity contribution in [2.45, 2.75) is 20.4 Å². The molecule has 0 aromatic carbocycles. The Hall–Kier alpha value is -1.62. The van der Waals surface area contributed by atoms with Gasteiger partial charge in [0.2, 0.25) is 0 Å². The number of hydrogen-bond acceptors (Lipinski definition) is 4. The van der Waals surface area contributed by atoms with Crippen molar-refractivity contribution in [3.8, 4) is 0 Å². The van der Waals surface area contributed by atoms with Crippen LogP contribution in [0.5, 0.6) is 0 Å². The molecular weight excluding hydrogens is 180 g/mol. The minimum Gasteiger partial charge on any atom is -0.333 e. The molecule has 0 aliphatic heterocycles. The summed E-state index contributed by atoms with van der Waals surface area (Å²) in [4.78, 5) is 8.40. The molecule has 0 fully saturated rings. The van der Waals surface area contributed by atoms with Crippen LogP contribution < -0.4 is 5.48 Å². The molecule has 0 bridgehead atoms. The van der Waals surface area contributed by atoms with Gasteiger partial charge in [-0.15, -0.1) is 0 Å². The van der Waals surface area contributed by atoms with Crippen molar-refractivity contribution in [3.63, 3.8) is 0 Å². The minimum atomic E-state index is 0.458. The fraction of sp³-hybridized carbons (Fsp3) is 0.333. The van der Waals surface area contributed by atoms with Crippen LogP contribution in [0.25, 0.3) is 11.0 Å². The van der Waals surface area contributed by atoms with E-state index in [1.54, 1.807) is 6.92 Å². The predicted molar refractivity (Wildman–Crippen MR) is 53.3 cm³/mol. The number of nitrogens with one attached hydrogen (secondary N) is 1. The van der Waals surface area contributed by atoms with Gasteiger partial charge in [-0.3, -0.25) is 10.7 Å². The summed E-state index contributed by atoms with van der Waals surface area (Å²) in [6.45, 7) is 4.70. The summed E-state index contributed by atoms with van der Waals surface area (Å²) >= 11 is 0. The number of hydrogen-bond donors (Lipinski definition) is 2. The molecule has 0 atom stereocenters. The summed E-state index contributed by atoms with van der Waals surface area (Å²) in [6, 6.07) is 1.89. The molecule has 14 heavy (non-hydrogen) atoms. The Morgan fingerprint density at radius 3 is 2.93 bits per heavy atom. The van der Waals surface area contributed by atoms with Gasteiger partial charge in [0.05, 0.1) is 5.39 Å². The van der Waals surface area contributed by atoms with Crippen molar-refractivity contribution in [2.24, 2.45) is 0 Å². The molecule has 0 spiro atoms. The number of aromatic nitrogens is 3. The molecule has 0 aliphatic carbocycles. The second-order valence-electron chi connectivity index (χ2n) is 3.07. The molecule has 0 amide bonds. The van der Waals surface area contributed by atoms with Crippen molar-refractivity contribution in [2.75, 3.05) is 5.48 Å². The highest BCUT2D eigenvalue weighted by molar-refractivity contribution is 5.87. The quantitative estimate of drug-likeness (QED) is 0.709. The van der Waals surface area contributed by atoms with E-state index in [-0.39, 0.29) is 0 Å². The Morgan fingerprint density at radius 1 is 1.50 bits per heavy atom. The van der Waals surface area contributed by atoms with E-state index in [2.05, 4.69) is 15.4 Å². The van der Waals surface area contributed by atoms with Gasteiger partial charge in [0.25, 0.3) is 0 Å². The van der Waals surface area contributed by atoms with Crippen molar-refractivity contribution in [1.29, 1.82) is 0 Å². The summed E-state index contributed by atoms with van der Waals surface area (Å²) in [5, 5.41) is 9.73. The molecule has 5 nitrogen and oxygen atoms in total. The monoisotopic (exact) mass is 192 g/mol.